The highest BCUT2D eigenvalue weighted by atomic mass is 32.2. The summed E-state index contributed by atoms with van der Waals surface area (Å²) in [5, 5.41) is 3.54. The van der Waals surface area contributed by atoms with Gasteiger partial charge in [-0.05, 0) is 74.2 Å². The molecular weight excluding hydrogens is 360 g/mol. The van der Waals surface area contributed by atoms with Crippen molar-refractivity contribution in [1.29, 1.82) is 0 Å². The zero-order valence-electron chi connectivity index (χ0n) is 16.2. The van der Waals surface area contributed by atoms with Gasteiger partial charge in [-0.15, -0.1) is 0 Å². The second-order valence-electron chi connectivity index (χ2n) is 7.25. The van der Waals surface area contributed by atoms with Gasteiger partial charge in [-0.1, -0.05) is 19.3 Å². The molecule has 0 atom stereocenters. The molecule has 1 saturated carbocycles. The first kappa shape index (κ1) is 19.5. The summed E-state index contributed by atoms with van der Waals surface area (Å²) in [5.41, 5.74) is 3.45. The third-order valence-electron chi connectivity index (χ3n) is 5.18. The van der Waals surface area contributed by atoms with Gasteiger partial charge in [0.1, 0.15) is 10.6 Å². The average Bonchev–Trinajstić information content (AvgIpc) is 2.65. The van der Waals surface area contributed by atoms with Crippen LogP contribution in [0.4, 0.5) is 11.4 Å². The Balaban J connectivity index is 1.75. The fraction of sp³-hybridized carbons (Fsp3) is 0.429. The Morgan fingerprint density at radius 2 is 1.52 bits per heavy atom. The van der Waals surface area contributed by atoms with Gasteiger partial charge in [0.15, 0.2) is 0 Å². The van der Waals surface area contributed by atoms with Gasteiger partial charge in [0.25, 0.3) is 10.0 Å². The summed E-state index contributed by atoms with van der Waals surface area (Å²) in [6, 6.07) is 11.3. The summed E-state index contributed by atoms with van der Waals surface area (Å²) in [7, 11) is -2.25. The van der Waals surface area contributed by atoms with E-state index in [4.69, 9.17) is 4.74 Å². The van der Waals surface area contributed by atoms with Crippen LogP contribution in [0.1, 0.15) is 43.2 Å². The molecule has 2 aromatic rings. The number of methoxy groups -OCH3 is 1. The van der Waals surface area contributed by atoms with Crippen LogP contribution in [-0.4, -0.2) is 21.6 Å². The van der Waals surface area contributed by atoms with Crippen molar-refractivity contribution in [2.24, 2.45) is 0 Å². The summed E-state index contributed by atoms with van der Waals surface area (Å²) in [4.78, 5) is 0.150. The van der Waals surface area contributed by atoms with Crippen LogP contribution in [0.25, 0.3) is 0 Å². The van der Waals surface area contributed by atoms with Crippen molar-refractivity contribution in [2.45, 2.75) is 56.9 Å². The van der Waals surface area contributed by atoms with Crippen molar-refractivity contribution in [3.63, 3.8) is 0 Å². The van der Waals surface area contributed by atoms with Gasteiger partial charge in [0.2, 0.25) is 0 Å². The van der Waals surface area contributed by atoms with Crippen molar-refractivity contribution in [1.82, 2.24) is 0 Å². The molecule has 0 unspecified atom stereocenters. The van der Waals surface area contributed by atoms with Gasteiger partial charge in [0.05, 0.1) is 7.11 Å². The molecule has 2 N–H and O–H groups in total. The Morgan fingerprint density at radius 1 is 0.926 bits per heavy atom. The summed E-state index contributed by atoms with van der Waals surface area (Å²) >= 11 is 0. The lowest BCUT2D eigenvalue weighted by atomic mass is 9.95. The van der Waals surface area contributed by atoms with Crippen LogP contribution in [0.15, 0.2) is 41.3 Å². The van der Waals surface area contributed by atoms with Crippen LogP contribution in [0.2, 0.25) is 0 Å². The molecule has 1 aliphatic rings. The molecule has 146 valence electrons. The van der Waals surface area contributed by atoms with Crippen molar-refractivity contribution in [3.8, 4) is 5.75 Å². The van der Waals surface area contributed by atoms with Gasteiger partial charge in [-0.2, -0.15) is 0 Å². The third-order valence-corrected chi connectivity index (χ3v) is 6.59. The van der Waals surface area contributed by atoms with E-state index in [1.807, 2.05) is 26.0 Å². The zero-order chi connectivity index (χ0) is 19.4. The Morgan fingerprint density at radius 3 is 2.15 bits per heavy atom. The fourth-order valence-corrected chi connectivity index (χ4v) is 4.76. The topological polar surface area (TPSA) is 67.4 Å². The first-order chi connectivity index (χ1) is 12.9. The van der Waals surface area contributed by atoms with Crippen molar-refractivity contribution >= 4 is 21.4 Å². The second-order valence-corrected chi connectivity index (χ2v) is 8.90. The number of anilines is 2. The molecule has 0 spiro atoms. The van der Waals surface area contributed by atoms with Crippen molar-refractivity contribution < 1.29 is 13.2 Å². The lowest BCUT2D eigenvalue weighted by Crippen LogP contribution is -2.22. The van der Waals surface area contributed by atoms with E-state index >= 15 is 0 Å². The highest BCUT2D eigenvalue weighted by Gasteiger charge is 2.21. The third kappa shape index (κ3) is 4.75. The summed E-state index contributed by atoms with van der Waals surface area (Å²) in [6.45, 7) is 3.82. The monoisotopic (exact) mass is 388 g/mol. The van der Waals surface area contributed by atoms with Gasteiger partial charge < -0.3 is 10.1 Å². The van der Waals surface area contributed by atoms with Crippen molar-refractivity contribution in [3.05, 3.63) is 47.5 Å². The SMILES string of the molecule is COc1cc(C)c(C)cc1S(=O)(=O)Nc1ccc(NC2CCCCC2)cc1. The van der Waals surface area contributed by atoms with E-state index in [0.717, 1.165) is 16.8 Å². The molecule has 27 heavy (non-hydrogen) atoms. The maximum atomic E-state index is 12.8. The van der Waals surface area contributed by atoms with Crippen LogP contribution in [0.3, 0.4) is 0 Å². The maximum absolute atomic E-state index is 12.8. The minimum Gasteiger partial charge on any atom is -0.495 e. The first-order valence-electron chi connectivity index (χ1n) is 9.44. The molecule has 0 saturated heterocycles. The van der Waals surface area contributed by atoms with Gasteiger partial charge in [-0.3, -0.25) is 4.72 Å². The Labute approximate surface area is 162 Å². The molecule has 3 rings (SSSR count). The second kappa shape index (κ2) is 8.21. The van der Waals surface area contributed by atoms with Crippen LogP contribution < -0.4 is 14.8 Å². The largest absolute Gasteiger partial charge is 0.495 e. The molecule has 0 aliphatic heterocycles. The smallest absolute Gasteiger partial charge is 0.265 e. The quantitative estimate of drug-likeness (QED) is 0.742. The lowest BCUT2D eigenvalue weighted by molar-refractivity contribution is 0.402. The predicted octanol–water partition coefficient (Wildman–Crippen LogP) is 4.86. The van der Waals surface area contributed by atoms with E-state index in [2.05, 4.69) is 10.0 Å². The molecule has 0 radical (unpaired) electrons. The van der Waals surface area contributed by atoms with E-state index in [0.29, 0.717) is 17.5 Å². The van der Waals surface area contributed by atoms with Crippen LogP contribution in [0.5, 0.6) is 5.75 Å². The number of benzene rings is 2. The zero-order valence-corrected chi connectivity index (χ0v) is 17.0. The Kier molecular flexibility index (Phi) is 5.95. The first-order valence-corrected chi connectivity index (χ1v) is 10.9. The van der Waals surface area contributed by atoms with Gasteiger partial charge in [-0.25, -0.2) is 8.42 Å². The number of ether oxygens (including phenoxy) is 1. The molecule has 0 heterocycles. The molecule has 0 aromatic heterocycles. The van der Waals surface area contributed by atoms with Gasteiger partial charge >= 0.3 is 0 Å². The molecule has 0 bridgehead atoms. The standard InChI is InChI=1S/C21H28N2O3S/c1-15-13-20(26-3)21(14-16(15)2)27(24,25)23-19-11-9-18(10-12-19)22-17-7-5-4-6-8-17/h9-14,17,22-23H,4-8H2,1-3H3. The number of hydrogen-bond acceptors (Lipinski definition) is 4. The van der Waals surface area contributed by atoms with E-state index in [1.165, 1.54) is 39.2 Å². The van der Waals surface area contributed by atoms with E-state index < -0.39 is 10.0 Å². The molecule has 6 heteroatoms. The molecular formula is C21H28N2O3S. The Hall–Kier alpha value is -2.21. The summed E-state index contributed by atoms with van der Waals surface area (Å²) in [5.74, 6) is 0.348. The molecule has 5 nitrogen and oxygen atoms in total. The molecule has 1 fully saturated rings. The minimum atomic E-state index is -3.73. The number of rotatable bonds is 6. The number of nitrogens with one attached hydrogen (secondary N) is 2. The average molecular weight is 389 g/mol. The predicted molar refractivity (Wildman–Crippen MR) is 110 cm³/mol. The van der Waals surface area contributed by atoms with Crippen LogP contribution >= 0.6 is 0 Å². The summed E-state index contributed by atoms with van der Waals surface area (Å²) < 4.78 is 33.6. The van der Waals surface area contributed by atoms with E-state index in [9.17, 15) is 8.42 Å². The van der Waals surface area contributed by atoms with E-state index in [-0.39, 0.29) is 4.90 Å². The fourth-order valence-electron chi connectivity index (χ4n) is 3.46. The molecule has 0 amide bonds. The van der Waals surface area contributed by atoms with Crippen LogP contribution in [-0.2, 0) is 10.0 Å². The normalized spacial score (nSPS) is 15.4. The van der Waals surface area contributed by atoms with Gasteiger partial charge in [0, 0.05) is 17.4 Å². The Bertz CT molecular complexity index is 886. The van der Waals surface area contributed by atoms with Crippen LogP contribution in [0, 0.1) is 13.8 Å². The number of hydrogen-bond donors (Lipinski definition) is 2. The summed E-state index contributed by atoms with van der Waals surface area (Å²) in [6.07, 6.45) is 6.25. The lowest BCUT2D eigenvalue weighted by Gasteiger charge is -2.24. The highest BCUT2D eigenvalue weighted by molar-refractivity contribution is 7.92. The van der Waals surface area contributed by atoms with E-state index in [1.54, 1.807) is 24.3 Å². The number of aryl methyl sites for hydroxylation is 2. The van der Waals surface area contributed by atoms with Crippen molar-refractivity contribution in [2.75, 3.05) is 17.1 Å². The molecule has 2 aromatic carbocycles. The maximum Gasteiger partial charge on any atom is 0.265 e. The number of sulfonamides is 1. The molecule has 1 aliphatic carbocycles. The highest BCUT2D eigenvalue weighted by Crippen LogP contribution is 2.29. The minimum absolute atomic E-state index is 0.150.